The van der Waals surface area contributed by atoms with Gasteiger partial charge in [0, 0.05) is 6.42 Å². The monoisotopic (exact) mass is 902 g/mol. The lowest BCUT2D eigenvalue weighted by Crippen LogP contribution is -2.46. The van der Waals surface area contributed by atoms with Crippen molar-refractivity contribution in [1.82, 2.24) is 5.32 Å². The smallest absolute Gasteiger partial charge is 0.306 e. The molecule has 0 aromatic rings. The number of ether oxygens (including phenoxy) is 1. The Morgan fingerprint density at radius 3 is 1.17 bits per heavy atom. The second-order valence-corrected chi connectivity index (χ2v) is 19.7. The number of nitrogens with one attached hydrogen (secondary N) is 1. The predicted octanol–water partition coefficient (Wildman–Crippen LogP) is 17.5. The fourth-order valence-electron chi connectivity index (χ4n) is 8.95. The number of rotatable bonds is 52. The highest BCUT2D eigenvalue weighted by Gasteiger charge is 2.24. The Kier molecular flexibility index (Phi) is 51.0. The summed E-state index contributed by atoms with van der Waals surface area (Å²) in [4.78, 5) is 26.2. The van der Waals surface area contributed by atoms with Crippen LogP contribution in [0.5, 0.6) is 0 Å². The van der Waals surface area contributed by atoms with Gasteiger partial charge in [0.2, 0.25) is 5.91 Å². The van der Waals surface area contributed by atoms with Gasteiger partial charge in [0.1, 0.15) is 6.10 Å². The lowest BCUT2D eigenvalue weighted by atomic mass is 10.0. The van der Waals surface area contributed by atoms with Crippen LogP contribution in [0.15, 0.2) is 24.3 Å². The topological polar surface area (TPSA) is 95.9 Å². The van der Waals surface area contributed by atoms with E-state index in [-0.39, 0.29) is 24.9 Å². The minimum atomic E-state index is -0.790. The van der Waals surface area contributed by atoms with Gasteiger partial charge in [0.05, 0.1) is 25.2 Å². The van der Waals surface area contributed by atoms with E-state index in [1.165, 1.54) is 193 Å². The summed E-state index contributed by atoms with van der Waals surface area (Å²) in [6.45, 7) is 6.49. The molecule has 3 atom stereocenters. The molecule has 1 amide bonds. The van der Waals surface area contributed by atoms with E-state index in [0.717, 1.165) is 70.6 Å². The van der Waals surface area contributed by atoms with Gasteiger partial charge in [-0.2, -0.15) is 0 Å². The Balaban J connectivity index is 4.53. The van der Waals surface area contributed by atoms with Gasteiger partial charge < -0.3 is 20.3 Å². The van der Waals surface area contributed by atoms with E-state index in [1.807, 2.05) is 0 Å². The van der Waals surface area contributed by atoms with Crippen molar-refractivity contribution in [2.24, 2.45) is 0 Å². The van der Waals surface area contributed by atoms with Crippen LogP contribution in [0.2, 0.25) is 0 Å². The van der Waals surface area contributed by atoms with E-state index in [4.69, 9.17) is 4.74 Å². The highest BCUT2D eigenvalue weighted by molar-refractivity contribution is 5.77. The third kappa shape index (κ3) is 46.9. The molecular weight excluding hydrogens is 791 g/mol. The lowest BCUT2D eigenvalue weighted by Gasteiger charge is -2.24. The summed E-state index contributed by atoms with van der Waals surface area (Å²) in [5, 5.41) is 23.8. The molecule has 0 saturated heterocycles. The van der Waals surface area contributed by atoms with Gasteiger partial charge in [-0.1, -0.05) is 270 Å². The first-order chi connectivity index (χ1) is 31.5. The van der Waals surface area contributed by atoms with Crippen molar-refractivity contribution < 1.29 is 24.5 Å². The summed E-state index contributed by atoms with van der Waals surface area (Å²) in [5.41, 5.74) is 0. The summed E-state index contributed by atoms with van der Waals surface area (Å²) in [6, 6.07) is -0.705. The molecule has 0 heterocycles. The number of carbonyl (C=O) groups excluding carboxylic acids is 2. The number of allylic oxidation sites excluding steroid dienone is 4. The number of hydrogen-bond acceptors (Lipinski definition) is 5. The summed E-state index contributed by atoms with van der Waals surface area (Å²) in [5.74, 6) is -0.482. The van der Waals surface area contributed by atoms with Crippen molar-refractivity contribution in [2.45, 2.75) is 328 Å². The van der Waals surface area contributed by atoms with Crippen molar-refractivity contribution >= 4 is 11.9 Å². The van der Waals surface area contributed by atoms with Gasteiger partial charge in [0.25, 0.3) is 0 Å². The molecule has 378 valence electrons. The third-order valence-corrected chi connectivity index (χ3v) is 13.3. The van der Waals surface area contributed by atoms with Crippen LogP contribution in [0, 0.1) is 0 Å². The van der Waals surface area contributed by atoms with Crippen LogP contribution < -0.4 is 5.32 Å². The SMILES string of the molecule is CCCCCCCCC/C=C/C=C/CCCCCC(CC(=O)NC(CO)C(O)CCCCCCCCCCCC)OC(=O)CCCCCCCCCCCCCCCCCCCCC. The first-order valence-electron chi connectivity index (χ1n) is 28.6. The van der Waals surface area contributed by atoms with Crippen molar-refractivity contribution in [2.75, 3.05) is 6.61 Å². The van der Waals surface area contributed by atoms with Gasteiger partial charge >= 0.3 is 5.97 Å². The zero-order chi connectivity index (χ0) is 46.7. The maximum Gasteiger partial charge on any atom is 0.306 e. The molecule has 6 heteroatoms. The molecule has 6 nitrogen and oxygen atoms in total. The average Bonchev–Trinajstić information content (AvgIpc) is 3.29. The molecule has 3 unspecified atom stereocenters. The summed E-state index contributed by atoms with van der Waals surface area (Å²) in [7, 11) is 0. The molecule has 0 aromatic carbocycles. The number of carbonyl (C=O) groups is 2. The van der Waals surface area contributed by atoms with Crippen LogP contribution in [0.25, 0.3) is 0 Å². The zero-order valence-electron chi connectivity index (χ0n) is 43.2. The second-order valence-electron chi connectivity index (χ2n) is 19.7. The van der Waals surface area contributed by atoms with Gasteiger partial charge in [0.15, 0.2) is 0 Å². The average molecular weight is 903 g/mol. The Morgan fingerprint density at radius 1 is 0.453 bits per heavy atom. The number of aliphatic hydroxyl groups excluding tert-OH is 2. The molecule has 0 aliphatic rings. The Morgan fingerprint density at radius 2 is 0.781 bits per heavy atom. The highest BCUT2D eigenvalue weighted by atomic mass is 16.5. The lowest BCUT2D eigenvalue weighted by molar-refractivity contribution is -0.151. The van der Waals surface area contributed by atoms with Gasteiger partial charge in [-0.05, 0) is 51.4 Å². The first kappa shape index (κ1) is 62.3. The number of amides is 1. The highest BCUT2D eigenvalue weighted by Crippen LogP contribution is 2.18. The van der Waals surface area contributed by atoms with E-state index < -0.39 is 18.2 Å². The minimum absolute atomic E-state index is 0.0653. The van der Waals surface area contributed by atoms with Crippen molar-refractivity contribution in [1.29, 1.82) is 0 Å². The Labute approximate surface area is 399 Å². The first-order valence-corrected chi connectivity index (χ1v) is 28.6. The van der Waals surface area contributed by atoms with Crippen LogP contribution in [-0.2, 0) is 14.3 Å². The number of hydrogen-bond donors (Lipinski definition) is 3. The number of unbranched alkanes of at least 4 members (excludes halogenated alkanes) is 37. The van der Waals surface area contributed by atoms with Crippen LogP contribution in [0.3, 0.4) is 0 Å². The molecule has 0 saturated carbocycles. The van der Waals surface area contributed by atoms with Gasteiger partial charge in [-0.25, -0.2) is 0 Å². The molecule has 3 N–H and O–H groups in total. The molecule has 0 rings (SSSR count). The normalized spacial score (nSPS) is 13.3. The number of esters is 1. The second kappa shape index (κ2) is 52.3. The Bertz CT molecular complexity index is 1010. The molecule has 0 aromatic heterocycles. The largest absolute Gasteiger partial charge is 0.462 e. The molecule has 0 fully saturated rings. The quantitative estimate of drug-likeness (QED) is 0.0321. The van der Waals surface area contributed by atoms with E-state index in [1.54, 1.807) is 0 Å². The van der Waals surface area contributed by atoms with Gasteiger partial charge in [-0.3, -0.25) is 9.59 Å². The van der Waals surface area contributed by atoms with Crippen molar-refractivity contribution in [3.63, 3.8) is 0 Å². The third-order valence-electron chi connectivity index (χ3n) is 13.3. The van der Waals surface area contributed by atoms with E-state index in [0.29, 0.717) is 19.3 Å². The molecule has 0 spiro atoms. The standard InChI is InChI=1S/C58H111NO5/c1-4-7-10-13-16-19-22-24-26-28-29-30-32-34-36-39-42-45-48-51-58(63)64-54(49-46-43-40-37-35-33-31-27-25-23-20-17-14-11-8-5-2)52-57(62)59-55(53-60)56(61)50-47-44-41-38-21-18-15-12-9-6-3/h27,31,33,35,54-56,60-61H,4-26,28-30,32,34,36-53H2,1-3H3,(H,59,62)/b31-27+,35-33+. The van der Waals surface area contributed by atoms with Crippen LogP contribution in [0.1, 0.15) is 310 Å². The minimum Gasteiger partial charge on any atom is -0.462 e. The van der Waals surface area contributed by atoms with Crippen LogP contribution in [-0.4, -0.2) is 46.9 Å². The summed E-state index contributed by atoms with van der Waals surface area (Å²) >= 11 is 0. The summed E-state index contributed by atoms with van der Waals surface area (Å²) < 4.78 is 5.95. The fourth-order valence-corrected chi connectivity index (χ4v) is 8.95. The molecule has 0 aliphatic heterocycles. The van der Waals surface area contributed by atoms with Gasteiger partial charge in [-0.15, -0.1) is 0 Å². The summed E-state index contributed by atoms with van der Waals surface area (Å²) in [6.07, 6.45) is 61.1. The molecule has 0 radical (unpaired) electrons. The van der Waals surface area contributed by atoms with Crippen molar-refractivity contribution in [3.8, 4) is 0 Å². The molecule has 0 bridgehead atoms. The van der Waals surface area contributed by atoms with E-state index >= 15 is 0 Å². The Hall–Kier alpha value is -1.66. The molecule has 0 aliphatic carbocycles. The maximum absolute atomic E-state index is 13.2. The zero-order valence-corrected chi connectivity index (χ0v) is 43.2. The van der Waals surface area contributed by atoms with E-state index in [9.17, 15) is 19.8 Å². The predicted molar refractivity (Wildman–Crippen MR) is 278 cm³/mol. The van der Waals surface area contributed by atoms with Crippen LogP contribution >= 0.6 is 0 Å². The maximum atomic E-state index is 13.2. The fraction of sp³-hybridized carbons (Fsp3) is 0.897. The van der Waals surface area contributed by atoms with Crippen LogP contribution in [0.4, 0.5) is 0 Å². The van der Waals surface area contributed by atoms with E-state index in [2.05, 4.69) is 50.4 Å². The molecule has 64 heavy (non-hydrogen) atoms. The number of aliphatic hydroxyl groups is 2. The molecular formula is C58H111NO5. The van der Waals surface area contributed by atoms with Crippen molar-refractivity contribution in [3.05, 3.63) is 24.3 Å².